The molecule has 0 spiro atoms. The summed E-state index contributed by atoms with van der Waals surface area (Å²) >= 11 is 0. The third-order valence-corrected chi connectivity index (χ3v) is 4.70. The molecule has 1 N–H and O–H groups in total. The summed E-state index contributed by atoms with van der Waals surface area (Å²) in [5.74, 6) is 1.31. The zero-order valence-electron chi connectivity index (χ0n) is 14.8. The topological polar surface area (TPSA) is 95.1 Å². The lowest BCUT2D eigenvalue weighted by Crippen LogP contribution is -2.49. The quantitative estimate of drug-likeness (QED) is 0.742. The number of rotatable bonds is 4. The highest BCUT2D eigenvalue weighted by atomic mass is 16.2. The summed E-state index contributed by atoms with van der Waals surface area (Å²) in [5.41, 5.74) is 0.486. The van der Waals surface area contributed by atoms with Crippen molar-refractivity contribution in [2.24, 2.45) is 0 Å². The number of piperazine rings is 1. The van der Waals surface area contributed by atoms with E-state index < -0.39 is 0 Å². The maximum absolute atomic E-state index is 12.5. The van der Waals surface area contributed by atoms with Crippen LogP contribution in [0.4, 0.5) is 5.95 Å². The number of aryl methyl sites for hydroxylation is 1. The van der Waals surface area contributed by atoms with E-state index in [9.17, 15) is 9.59 Å². The van der Waals surface area contributed by atoms with Crippen molar-refractivity contribution in [1.82, 2.24) is 24.8 Å². The van der Waals surface area contributed by atoms with Crippen molar-refractivity contribution in [3.05, 3.63) is 58.9 Å². The Morgan fingerprint density at radius 2 is 1.78 bits per heavy atom. The molecule has 27 heavy (non-hydrogen) atoms. The monoisotopic (exact) mass is 364 g/mol. The average Bonchev–Trinajstić information content (AvgIpc) is 2.73. The van der Waals surface area contributed by atoms with Gasteiger partial charge in [-0.1, -0.05) is 12.1 Å². The molecule has 0 bridgehead atoms. The standard InChI is InChI=1S/C19H20N6O2/c26-17(24-10-12-25(13-11-24)19-20-8-3-9-21-19)7-6-16-22-15-5-2-1-4-14(15)18(27)23-16/h1-5,8-9H,6-7,10-13H2,(H,22,23,27). The van der Waals surface area contributed by atoms with Gasteiger partial charge in [-0.25, -0.2) is 15.0 Å². The molecule has 8 nitrogen and oxygen atoms in total. The minimum Gasteiger partial charge on any atom is -0.339 e. The van der Waals surface area contributed by atoms with Crippen LogP contribution in [0.1, 0.15) is 12.2 Å². The Balaban J connectivity index is 1.34. The second-order valence-corrected chi connectivity index (χ2v) is 6.45. The highest BCUT2D eigenvalue weighted by molar-refractivity contribution is 5.78. The number of carbonyl (C=O) groups excluding carboxylic acids is 1. The first-order valence-corrected chi connectivity index (χ1v) is 8.98. The molecule has 4 rings (SSSR count). The highest BCUT2D eigenvalue weighted by Gasteiger charge is 2.22. The van der Waals surface area contributed by atoms with E-state index in [2.05, 4.69) is 24.8 Å². The molecule has 1 saturated heterocycles. The van der Waals surface area contributed by atoms with Crippen molar-refractivity contribution in [1.29, 1.82) is 0 Å². The molecule has 0 radical (unpaired) electrons. The zero-order chi connectivity index (χ0) is 18.6. The smallest absolute Gasteiger partial charge is 0.258 e. The van der Waals surface area contributed by atoms with E-state index in [1.54, 1.807) is 30.6 Å². The Labute approximate surface area is 155 Å². The van der Waals surface area contributed by atoms with E-state index in [0.717, 1.165) is 0 Å². The first-order chi connectivity index (χ1) is 13.2. The first-order valence-electron chi connectivity index (χ1n) is 8.98. The number of nitrogens with zero attached hydrogens (tertiary/aromatic N) is 5. The van der Waals surface area contributed by atoms with E-state index in [1.807, 2.05) is 17.0 Å². The van der Waals surface area contributed by atoms with Crippen LogP contribution in [0.2, 0.25) is 0 Å². The number of H-pyrrole nitrogens is 1. The molecule has 3 aromatic rings. The zero-order valence-corrected chi connectivity index (χ0v) is 14.8. The van der Waals surface area contributed by atoms with Gasteiger partial charge in [0, 0.05) is 51.4 Å². The van der Waals surface area contributed by atoms with Crippen molar-refractivity contribution in [3.63, 3.8) is 0 Å². The molecule has 3 heterocycles. The van der Waals surface area contributed by atoms with Crippen LogP contribution in [0.3, 0.4) is 0 Å². The molecule has 1 aliphatic heterocycles. The van der Waals surface area contributed by atoms with Crippen molar-refractivity contribution < 1.29 is 4.79 Å². The summed E-state index contributed by atoms with van der Waals surface area (Å²) in [5, 5.41) is 0.562. The lowest BCUT2D eigenvalue weighted by atomic mass is 10.2. The Kier molecular flexibility index (Phi) is 4.78. The normalized spacial score (nSPS) is 14.5. The fraction of sp³-hybridized carbons (Fsp3) is 0.316. The summed E-state index contributed by atoms with van der Waals surface area (Å²) in [6.07, 6.45) is 4.18. The van der Waals surface area contributed by atoms with Crippen LogP contribution in [-0.2, 0) is 11.2 Å². The molecule has 2 aromatic heterocycles. The van der Waals surface area contributed by atoms with Crippen molar-refractivity contribution in [2.75, 3.05) is 31.1 Å². The number of carbonyl (C=O) groups is 1. The largest absolute Gasteiger partial charge is 0.339 e. The van der Waals surface area contributed by atoms with Gasteiger partial charge in [0.1, 0.15) is 5.82 Å². The molecule has 0 unspecified atom stereocenters. The van der Waals surface area contributed by atoms with Crippen LogP contribution in [0.5, 0.6) is 0 Å². The summed E-state index contributed by atoms with van der Waals surface area (Å²) in [7, 11) is 0. The Bertz CT molecular complexity index is 996. The maximum atomic E-state index is 12.5. The Hall–Kier alpha value is -3.29. The van der Waals surface area contributed by atoms with Gasteiger partial charge in [-0.15, -0.1) is 0 Å². The van der Waals surface area contributed by atoms with Gasteiger partial charge in [-0.2, -0.15) is 0 Å². The van der Waals surface area contributed by atoms with Gasteiger partial charge in [-0.3, -0.25) is 9.59 Å². The predicted octanol–water partition coefficient (Wildman–Crippen LogP) is 0.994. The van der Waals surface area contributed by atoms with Crippen LogP contribution in [0.25, 0.3) is 10.9 Å². The van der Waals surface area contributed by atoms with Gasteiger partial charge in [0.15, 0.2) is 0 Å². The number of aromatic nitrogens is 4. The van der Waals surface area contributed by atoms with E-state index in [0.29, 0.717) is 61.7 Å². The van der Waals surface area contributed by atoms with E-state index in [-0.39, 0.29) is 11.5 Å². The number of aromatic amines is 1. The van der Waals surface area contributed by atoms with Gasteiger partial charge in [0.05, 0.1) is 10.9 Å². The SMILES string of the molecule is O=C(CCc1nc2ccccc2c(=O)[nH]1)N1CCN(c2ncccn2)CC1. The molecule has 0 atom stereocenters. The summed E-state index contributed by atoms with van der Waals surface area (Å²) in [6, 6.07) is 8.99. The number of benzene rings is 1. The van der Waals surface area contributed by atoms with Crippen molar-refractivity contribution in [2.45, 2.75) is 12.8 Å². The van der Waals surface area contributed by atoms with Crippen LogP contribution in [-0.4, -0.2) is 56.9 Å². The molecule has 1 fully saturated rings. The lowest BCUT2D eigenvalue weighted by Gasteiger charge is -2.34. The second-order valence-electron chi connectivity index (χ2n) is 6.45. The molecule has 1 aromatic carbocycles. The minimum atomic E-state index is -0.167. The summed E-state index contributed by atoms with van der Waals surface area (Å²) < 4.78 is 0. The Morgan fingerprint density at radius 3 is 2.56 bits per heavy atom. The molecule has 138 valence electrons. The van der Waals surface area contributed by atoms with E-state index in [1.165, 1.54) is 0 Å². The van der Waals surface area contributed by atoms with Crippen molar-refractivity contribution >= 4 is 22.8 Å². The fourth-order valence-electron chi connectivity index (χ4n) is 3.25. The highest BCUT2D eigenvalue weighted by Crippen LogP contribution is 2.12. The van der Waals surface area contributed by atoms with Crippen LogP contribution < -0.4 is 10.5 Å². The van der Waals surface area contributed by atoms with Gasteiger partial charge in [0.25, 0.3) is 5.56 Å². The third-order valence-electron chi connectivity index (χ3n) is 4.70. The number of amides is 1. The van der Waals surface area contributed by atoms with E-state index >= 15 is 0 Å². The minimum absolute atomic E-state index is 0.0689. The molecular weight excluding hydrogens is 344 g/mol. The fourth-order valence-corrected chi connectivity index (χ4v) is 3.25. The van der Waals surface area contributed by atoms with Gasteiger partial charge in [0.2, 0.25) is 11.9 Å². The first kappa shape index (κ1) is 17.1. The van der Waals surface area contributed by atoms with Crippen LogP contribution in [0, 0.1) is 0 Å². The van der Waals surface area contributed by atoms with Crippen LogP contribution >= 0.6 is 0 Å². The van der Waals surface area contributed by atoms with Gasteiger partial charge >= 0.3 is 0 Å². The average molecular weight is 364 g/mol. The molecule has 0 saturated carbocycles. The summed E-state index contributed by atoms with van der Waals surface area (Å²) in [4.78, 5) is 44.3. The number of para-hydroxylation sites is 1. The number of hydrogen-bond acceptors (Lipinski definition) is 6. The number of nitrogens with one attached hydrogen (secondary N) is 1. The van der Waals surface area contributed by atoms with Crippen molar-refractivity contribution in [3.8, 4) is 0 Å². The predicted molar refractivity (Wildman–Crippen MR) is 102 cm³/mol. The van der Waals surface area contributed by atoms with E-state index in [4.69, 9.17) is 0 Å². The number of hydrogen-bond donors (Lipinski definition) is 1. The molecular formula is C19H20N6O2. The number of anilines is 1. The maximum Gasteiger partial charge on any atom is 0.258 e. The van der Waals surface area contributed by atoms with Gasteiger partial charge in [-0.05, 0) is 18.2 Å². The molecule has 1 aliphatic rings. The van der Waals surface area contributed by atoms with Gasteiger partial charge < -0.3 is 14.8 Å². The third kappa shape index (κ3) is 3.79. The molecule has 1 amide bonds. The molecule has 8 heteroatoms. The summed E-state index contributed by atoms with van der Waals surface area (Å²) in [6.45, 7) is 2.69. The Morgan fingerprint density at radius 1 is 1.04 bits per heavy atom. The van der Waals surface area contributed by atoms with Crippen LogP contribution in [0.15, 0.2) is 47.5 Å². The molecule has 0 aliphatic carbocycles. The lowest BCUT2D eigenvalue weighted by molar-refractivity contribution is -0.131. The second kappa shape index (κ2) is 7.53. The number of fused-ring (bicyclic) bond motifs is 1.